The van der Waals surface area contributed by atoms with Gasteiger partial charge in [-0.15, -0.1) is 0 Å². The van der Waals surface area contributed by atoms with Gasteiger partial charge in [0, 0.05) is 11.1 Å². The van der Waals surface area contributed by atoms with Crippen molar-refractivity contribution >= 4 is 22.4 Å². The molecule has 0 fully saturated rings. The molecule has 0 unspecified atom stereocenters. The summed E-state index contributed by atoms with van der Waals surface area (Å²) in [6.45, 7) is 2.87. The number of nitrogens with zero attached hydrogens (tertiary/aromatic N) is 1. The van der Waals surface area contributed by atoms with Crippen molar-refractivity contribution in [1.29, 1.82) is 0 Å². The molecule has 0 saturated carbocycles. The highest BCUT2D eigenvalue weighted by atomic mass is 32.1. The third-order valence-corrected chi connectivity index (χ3v) is 6.08. The average molecular weight is 443 g/mol. The second kappa shape index (κ2) is 10.7. The maximum atomic E-state index is 12.8. The van der Waals surface area contributed by atoms with E-state index in [1.165, 1.54) is 11.3 Å². The number of aromatic nitrogens is 1. The Balaban J connectivity index is 1.52. The van der Waals surface area contributed by atoms with Gasteiger partial charge in [-0.1, -0.05) is 91.8 Å². The van der Waals surface area contributed by atoms with Crippen molar-refractivity contribution in [3.05, 3.63) is 90.5 Å². The number of carbonyl (C=O) groups excluding carboxylic acids is 1. The molecule has 4 nitrogen and oxygen atoms in total. The van der Waals surface area contributed by atoms with Crippen LogP contribution in [0.5, 0.6) is 5.75 Å². The predicted molar refractivity (Wildman–Crippen MR) is 132 cm³/mol. The third-order valence-electron chi connectivity index (χ3n) is 5.06. The highest BCUT2D eigenvalue weighted by molar-refractivity contribution is 7.19. The van der Waals surface area contributed by atoms with Crippen LogP contribution in [0, 0.1) is 0 Å². The van der Waals surface area contributed by atoms with Crippen LogP contribution in [0.3, 0.4) is 0 Å². The van der Waals surface area contributed by atoms with Gasteiger partial charge in [0.15, 0.2) is 5.13 Å². The molecule has 32 heavy (non-hydrogen) atoms. The minimum atomic E-state index is -0.185. The monoisotopic (exact) mass is 442 g/mol. The summed E-state index contributed by atoms with van der Waals surface area (Å²) in [6.07, 6.45) is 3.36. The number of amides is 1. The highest BCUT2D eigenvalue weighted by Crippen LogP contribution is 2.39. The number of thiazole rings is 1. The Labute approximate surface area is 192 Å². The van der Waals surface area contributed by atoms with Gasteiger partial charge in [-0.2, -0.15) is 0 Å². The van der Waals surface area contributed by atoms with Gasteiger partial charge in [-0.05, 0) is 36.2 Å². The Bertz CT molecular complexity index is 1080. The quantitative estimate of drug-likeness (QED) is 0.277. The summed E-state index contributed by atoms with van der Waals surface area (Å²) >= 11 is 1.48. The number of unbranched alkanes of at least 4 members (excludes halogenated alkanes) is 2. The lowest BCUT2D eigenvalue weighted by Crippen LogP contribution is -2.11. The minimum Gasteiger partial charge on any atom is -0.494 e. The molecule has 5 heteroatoms. The first-order chi connectivity index (χ1) is 15.7. The van der Waals surface area contributed by atoms with Gasteiger partial charge >= 0.3 is 0 Å². The Morgan fingerprint density at radius 3 is 2.19 bits per heavy atom. The predicted octanol–water partition coefficient (Wildman–Crippen LogP) is 7.30. The number of nitrogens with one attached hydrogen (secondary N) is 1. The van der Waals surface area contributed by atoms with Crippen molar-refractivity contribution in [2.24, 2.45) is 0 Å². The molecule has 1 aromatic heterocycles. The van der Waals surface area contributed by atoms with E-state index >= 15 is 0 Å². The van der Waals surface area contributed by atoms with Crippen LogP contribution in [0.4, 0.5) is 5.13 Å². The minimum absolute atomic E-state index is 0.185. The summed E-state index contributed by atoms with van der Waals surface area (Å²) in [6, 6.07) is 27.4. The number of rotatable bonds is 9. The van der Waals surface area contributed by atoms with Crippen molar-refractivity contribution in [2.45, 2.75) is 26.2 Å². The van der Waals surface area contributed by atoms with Crippen LogP contribution in [0.15, 0.2) is 84.9 Å². The fraction of sp³-hybridized carbons (Fsp3) is 0.185. The van der Waals surface area contributed by atoms with Crippen LogP contribution in [-0.2, 0) is 0 Å². The highest BCUT2D eigenvalue weighted by Gasteiger charge is 2.17. The second-order valence-electron chi connectivity index (χ2n) is 7.46. The van der Waals surface area contributed by atoms with Crippen LogP contribution < -0.4 is 10.1 Å². The summed E-state index contributed by atoms with van der Waals surface area (Å²) in [5.41, 5.74) is 3.54. The van der Waals surface area contributed by atoms with Crippen molar-refractivity contribution in [2.75, 3.05) is 11.9 Å². The van der Waals surface area contributed by atoms with Crippen LogP contribution in [0.1, 0.15) is 36.5 Å². The van der Waals surface area contributed by atoms with Crippen molar-refractivity contribution < 1.29 is 9.53 Å². The molecular weight excluding hydrogens is 416 g/mol. The number of hydrogen-bond donors (Lipinski definition) is 1. The SMILES string of the molecule is CCCCCOc1ccc(C(=O)Nc2nc(-c3ccccc3)c(-c3ccccc3)s2)cc1. The van der Waals surface area contributed by atoms with E-state index < -0.39 is 0 Å². The van der Waals surface area contributed by atoms with E-state index in [2.05, 4.69) is 24.4 Å². The van der Waals surface area contributed by atoms with Gasteiger partial charge in [-0.3, -0.25) is 10.1 Å². The van der Waals surface area contributed by atoms with E-state index in [1.54, 1.807) is 12.1 Å². The van der Waals surface area contributed by atoms with Crippen LogP contribution in [0.2, 0.25) is 0 Å². The van der Waals surface area contributed by atoms with Crippen molar-refractivity contribution in [1.82, 2.24) is 4.98 Å². The molecule has 1 N–H and O–H groups in total. The maximum Gasteiger partial charge on any atom is 0.257 e. The molecule has 4 rings (SSSR count). The molecule has 3 aromatic carbocycles. The largest absolute Gasteiger partial charge is 0.494 e. The molecule has 0 spiro atoms. The Kier molecular flexibility index (Phi) is 7.31. The number of ether oxygens (including phenoxy) is 1. The van der Waals surface area contributed by atoms with Gasteiger partial charge in [0.2, 0.25) is 0 Å². The Morgan fingerprint density at radius 1 is 0.875 bits per heavy atom. The molecule has 162 valence electrons. The Hall–Kier alpha value is -3.44. The molecule has 0 aliphatic rings. The summed E-state index contributed by atoms with van der Waals surface area (Å²) in [5, 5.41) is 3.54. The molecule has 0 radical (unpaired) electrons. The molecule has 0 aliphatic heterocycles. The normalized spacial score (nSPS) is 10.7. The molecular formula is C27H26N2O2S. The van der Waals surface area contributed by atoms with Gasteiger partial charge in [0.1, 0.15) is 5.75 Å². The molecule has 0 atom stereocenters. The van der Waals surface area contributed by atoms with E-state index in [0.717, 1.165) is 46.7 Å². The summed E-state index contributed by atoms with van der Waals surface area (Å²) in [5.74, 6) is 0.597. The van der Waals surface area contributed by atoms with Gasteiger partial charge in [0.25, 0.3) is 5.91 Å². The first kappa shape index (κ1) is 21.8. The summed E-state index contributed by atoms with van der Waals surface area (Å²) < 4.78 is 5.74. The molecule has 0 bridgehead atoms. The van der Waals surface area contributed by atoms with Crippen molar-refractivity contribution in [3.8, 4) is 27.4 Å². The van der Waals surface area contributed by atoms with E-state index in [9.17, 15) is 4.79 Å². The fourth-order valence-corrected chi connectivity index (χ4v) is 4.35. The lowest BCUT2D eigenvalue weighted by molar-refractivity contribution is 0.102. The number of benzene rings is 3. The van der Waals surface area contributed by atoms with E-state index in [-0.39, 0.29) is 5.91 Å². The average Bonchev–Trinajstić information content (AvgIpc) is 3.27. The molecule has 0 saturated heterocycles. The molecule has 4 aromatic rings. The van der Waals surface area contributed by atoms with E-state index in [1.807, 2.05) is 60.7 Å². The number of anilines is 1. The standard InChI is InChI=1S/C27H26N2O2S/c1-2-3-10-19-31-23-17-15-22(16-18-23)26(30)29-27-28-24(20-11-6-4-7-12-20)25(32-27)21-13-8-5-9-14-21/h4-9,11-18H,2-3,10,19H2,1H3,(H,28,29,30). The number of hydrogen-bond acceptors (Lipinski definition) is 4. The van der Waals surface area contributed by atoms with Crippen LogP contribution in [0.25, 0.3) is 21.7 Å². The van der Waals surface area contributed by atoms with Crippen LogP contribution >= 0.6 is 11.3 Å². The third kappa shape index (κ3) is 5.42. The Morgan fingerprint density at radius 2 is 1.53 bits per heavy atom. The zero-order chi connectivity index (χ0) is 22.2. The first-order valence-electron chi connectivity index (χ1n) is 10.9. The summed E-state index contributed by atoms with van der Waals surface area (Å²) in [7, 11) is 0. The topological polar surface area (TPSA) is 51.2 Å². The smallest absolute Gasteiger partial charge is 0.257 e. The van der Waals surface area contributed by atoms with Crippen LogP contribution in [-0.4, -0.2) is 17.5 Å². The van der Waals surface area contributed by atoms with Gasteiger partial charge in [-0.25, -0.2) is 4.98 Å². The lowest BCUT2D eigenvalue weighted by Gasteiger charge is -2.07. The maximum absolute atomic E-state index is 12.8. The zero-order valence-corrected chi connectivity index (χ0v) is 18.9. The lowest BCUT2D eigenvalue weighted by atomic mass is 10.1. The zero-order valence-electron chi connectivity index (χ0n) is 18.1. The van der Waals surface area contributed by atoms with Gasteiger partial charge in [0.05, 0.1) is 17.2 Å². The summed E-state index contributed by atoms with van der Waals surface area (Å²) in [4.78, 5) is 18.6. The van der Waals surface area contributed by atoms with Gasteiger partial charge < -0.3 is 4.74 Å². The molecule has 1 heterocycles. The van der Waals surface area contributed by atoms with E-state index in [4.69, 9.17) is 9.72 Å². The van der Waals surface area contributed by atoms with E-state index in [0.29, 0.717) is 17.3 Å². The van der Waals surface area contributed by atoms with Crippen molar-refractivity contribution in [3.63, 3.8) is 0 Å². The molecule has 1 amide bonds. The molecule has 0 aliphatic carbocycles. The first-order valence-corrected chi connectivity index (χ1v) is 11.7. The number of carbonyl (C=O) groups is 1. The second-order valence-corrected chi connectivity index (χ2v) is 8.46. The fourth-order valence-electron chi connectivity index (χ4n) is 3.36.